The van der Waals surface area contributed by atoms with Crippen molar-refractivity contribution in [3.05, 3.63) is 54.3 Å². The van der Waals surface area contributed by atoms with Crippen molar-refractivity contribution in [2.45, 2.75) is 4.90 Å². The van der Waals surface area contributed by atoms with Crippen LogP contribution in [0.4, 0.5) is 4.39 Å². The molecule has 1 aliphatic rings. The summed E-state index contributed by atoms with van der Waals surface area (Å²) >= 11 is 0. The van der Waals surface area contributed by atoms with E-state index in [1.54, 1.807) is 31.4 Å². The number of amides is 1. The predicted molar refractivity (Wildman–Crippen MR) is 100 cm³/mol. The molecule has 7 nitrogen and oxygen atoms in total. The molecule has 2 aromatic rings. The Morgan fingerprint density at radius 3 is 2.21 bits per heavy atom. The van der Waals surface area contributed by atoms with E-state index in [1.165, 1.54) is 27.4 Å². The van der Waals surface area contributed by atoms with Gasteiger partial charge in [-0.1, -0.05) is 12.1 Å². The largest absolute Gasteiger partial charge is 0.497 e. The summed E-state index contributed by atoms with van der Waals surface area (Å²) in [6, 6.07) is 12.1. The lowest BCUT2D eigenvalue weighted by Crippen LogP contribution is -2.51. The van der Waals surface area contributed by atoms with Crippen molar-refractivity contribution < 1.29 is 27.1 Å². The van der Waals surface area contributed by atoms with Crippen molar-refractivity contribution in [2.75, 3.05) is 39.9 Å². The maximum absolute atomic E-state index is 13.9. The van der Waals surface area contributed by atoms with Gasteiger partial charge in [-0.25, -0.2) is 12.8 Å². The number of rotatable bonds is 6. The Balaban J connectivity index is 1.54. The molecule has 0 unspecified atom stereocenters. The summed E-state index contributed by atoms with van der Waals surface area (Å²) in [6.07, 6.45) is 0. The Kier molecular flexibility index (Phi) is 6.15. The van der Waals surface area contributed by atoms with Crippen LogP contribution in [0.5, 0.6) is 11.5 Å². The molecule has 1 saturated heterocycles. The number of carbonyl (C=O) groups is 1. The predicted octanol–water partition coefficient (Wildman–Crippen LogP) is 1.75. The van der Waals surface area contributed by atoms with E-state index in [4.69, 9.17) is 9.47 Å². The fourth-order valence-electron chi connectivity index (χ4n) is 2.88. The van der Waals surface area contributed by atoms with Crippen molar-refractivity contribution in [2.24, 2.45) is 0 Å². The summed E-state index contributed by atoms with van der Waals surface area (Å²) in [5, 5.41) is 0. The molecule has 28 heavy (non-hydrogen) atoms. The van der Waals surface area contributed by atoms with Crippen LogP contribution in [0.15, 0.2) is 53.4 Å². The highest BCUT2D eigenvalue weighted by atomic mass is 32.2. The number of piperazine rings is 1. The van der Waals surface area contributed by atoms with Gasteiger partial charge in [0.2, 0.25) is 10.0 Å². The number of sulfonamides is 1. The lowest BCUT2D eigenvalue weighted by molar-refractivity contribution is -0.134. The zero-order valence-electron chi connectivity index (χ0n) is 15.4. The number of methoxy groups -OCH3 is 1. The molecule has 0 aromatic heterocycles. The van der Waals surface area contributed by atoms with E-state index in [9.17, 15) is 17.6 Å². The fraction of sp³-hybridized carbons (Fsp3) is 0.316. The standard InChI is InChI=1S/C19H21FN2O5S/c1-26-15-6-8-16(9-7-15)27-14-19(23)21-10-12-22(13-11-21)28(24,25)18-5-3-2-4-17(18)20/h2-9H,10-14H2,1H3. The van der Waals surface area contributed by atoms with E-state index in [0.717, 1.165) is 6.07 Å². The van der Waals surface area contributed by atoms with Crippen molar-refractivity contribution in [3.8, 4) is 11.5 Å². The number of hydrogen-bond acceptors (Lipinski definition) is 5. The number of nitrogens with zero attached hydrogens (tertiary/aromatic N) is 2. The van der Waals surface area contributed by atoms with E-state index < -0.39 is 15.8 Å². The molecule has 1 amide bonds. The molecule has 0 radical (unpaired) electrons. The molecule has 1 heterocycles. The topological polar surface area (TPSA) is 76.2 Å². The first-order valence-electron chi connectivity index (χ1n) is 8.71. The molecule has 3 rings (SSSR count). The Morgan fingerprint density at radius 1 is 1.00 bits per heavy atom. The Morgan fingerprint density at radius 2 is 1.61 bits per heavy atom. The molecule has 1 aliphatic heterocycles. The van der Waals surface area contributed by atoms with Crippen molar-refractivity contribution >= 4 is 15.9 Å². The highest BCUT2D eigenvalue weighted by molar-refractivity contribution is 7.89. The van der Waals surface area contributed by atoms with Gasteiger partial charge in [-0.3, -0.25) is 4.79 Å². The van der Waals surface area contributed by atoms with Crippen LogP contribution in [-0.2, 0) is 14.8 Å². The lowest BCUT2D eigenvalue weighted by atomic mass is 10.3. The summed E-state index contributed by atoms with van der Waals surface area (Å²) < 4.78 is 50.8. The van der Waals surface area contributed by atoms with Crippen LogP contribution in [0.25, 0.3) is 0 Å². The Hall–Kier alpha value is -2.65. The molecule has 0 bridgehead atoms. The smallest absolute Gasteiger partial charge is 0.260 e. The highest BCUT2D eigenvalue weighted by Gasteiger charge is 2.31. The van der Waals surface area contributed by atoms with E-state index in [2.05, 4.69) is 0 Å². The molecular formula is C19H21FN2O5S. The second kappa shape index (κ2) is 8.57. The third-order valence-electron chi connectivity index (χ3n) is 4.47. The molecule has 1 fully saturated rings. The highest BCUT2D eigenvalue weighted by Crippen LogP contribution is 2.21. The van der Waals surface area contributed by atoms with Gasteiger partial charge in [-0.05, 0) is 36.4 Å². The molecule has 0 atom stereocenters. The van der Waals surface area contributed by atoms with Gasteiger partial charge in [0.05, 0.1) is 7.11 Å². The van der Waals surface area contributed by atoms with E-state index in [1.807, 2.05) is 0 Å². The minimum Gasteiger partial charge on any atom is -0.497 e. The van der Waals surface area contributed by atoms with Crippen LogP contribution >= 0.6 is 0 Å². The van der Waals surface area contributed by atoms with Gasteiger partial charge in [0.15, 0.2) is 6.61 Å². The van der Waals surface area contributed by atoms with Gasteiger partial charge >= 0.3 is 0 Å². The van der Waals surface area contributed by atoms with E-state index in [-0.39, 0.29) is 43.6 Å². The zero-order chi connectivity index (χ0) is 20.1. The minimum absolute atomic E-state index is 0.102. The van der Waals surface area contributed by atoms with Crippen molar-refractivity contribution in [1.82, 2.24) is 9.21 Å². The maximum atomic E-state index is 13.9. The van der Waals surface area contributed by atoms with Crippen LogP contribution in [0.3, 0.4) is 0 Å². The number of halogens is 1. The van der Waals surface area contributed by atoms with Gasteiger partial charge in [0, 0.05) is 26.2 Å². The monoisotopic (exact) mass is 408 g/mol. The van der Waals surface area contributed by atoms with Gasteiger partial charge in [-0.15, -0.1) is 0 Å². The first kappa shape index (κ1) is 20.1. The molecule has 0 saturated carbocycles. The third-order valence-corrected chi connectivity index (χ3v) is 6.40. The normalized spacial score (nSPS) is 15.3. The third kappa shape index (κ3) is 4.42. The van der Waals surface area contributed by atoms with Gasteiger partial charge < -0.3 is 14.4 Å². The maximum Gasteiger partial charge on any atom is 0.260 e. The minimum atomic E-state index is -3.93. The number of benzene rings is 2. The summed E-state index contributed by atoms with van der Waals surface area (Å²) in [4.78, 5) is 13.5. The number of ether oxygens (including phenoxy) is 2. The molecule has 9 heteroatoms. The van der Waals surface area contributed by atoms with Crippen LogP contribution in [-0.4, -0.2) is 63.4 Å². The fourth-order valence-corrected chi connectivity index (χ4v) is 4.37. The first-order valence-corrected chi connectivity index (χ1v) is 10.1. The second-order valence-corrected chi connectivity index (χ2v) is 8.09. The van der Waals surface area contributed by atoms with Crippen LogP contribution < -0.4 is 9.47 Å². The molecule has 2 aromatic carbocycles. The molecule has 0 aliphatic carbocycles. The SMILES string of the molecule is COc1ccc(OCC(=O)N2CCN(S(=O)(=O)c3ccccc3F)CC2)cc1. The average molecular weight is 408 g/mol. The summed E-state index contributed by atoms with van der Waals surface area (Å²) in [5.74, 6) is 0.202. The lowest BCUT2D eigenvalue weighted by Gasteiger charge is -2.34. The quantitative estimate of drug-likeness (QED) is 0.728. The van der Waals surface area contributed by atoms with E-state index in [0.29, 0.717) is 11.5 Å². The summed E-state index contributed by atoms with van der Waals surface area (Å²) in [5.41, 5.74) is 0. The Labute approximate surface area is 163 Å². The van der Waals surface area contributed by atoms with Gasteiger partial charge in [0.1, 0.15) is 22.2 Å². The summed E-state index contributed by atoms with van der Waals surface area (Å²) in [7, 11) is -2.37. The first-order chi connectivity index (χ1) is 13.4. The number of carbonyl (C=O) groups excluding carboxylic acids is 1. The summed E-state index contributed by atoms with van der Waals surface area (Å²) in [6.45, 7) is 0.499. The number of hydrogen-bond donors (Lipinski definition) is 0. The van der Waals surface area contributed by atoms with E-state index >= 15 is 0 Å². The molecule has 0 N–H and O–H groups in total. The molecule has 150 valence electrons. The van der Waals surface area contributed by atoms with Crippen molar-refractivity contribution in [3.63, 3.8) is 0 Å². The zero-order valence-corrected chi connectivity index (χ0v) is 16.2. The van der Waals surface area contributed by atoms with Gasteiger partial charge in [0.25, 0.3) is 5.91 Å². The average Bonchev–Trinajstić information content (AvgIpc) is 2.72. The molecule has 0 spiro atoms. The van der Waals surface area contributed by atoms with Crippen LogP contribution in [0.2, 0.25) is 0 Å². The van der Waals surface area contributed by atoms with Gasteiger partial charge in [-0.2, -0.15) is 4.31 Å². The Bertz CT molecular complexity index is 926. The van der Waals surface area contributed by atoms with Crippen LogP contribution in [0, 0.1) is 5.82 Å². The molecular weight excluding hydrogens is 387 g/mol. The van der Waals surface area contributed by atoms with Crippen molar-refractivity contribution in [1.29, 1.82) is 0 Å². The second-order valence-electron chi connectivity index (χ2n) is 6.18. The van der Waals surface area contributed by atoms with Crippen LogP contribution in [0.1, 0.15) is 0 Å².